The number of pyridine rings is 1. The fraction of sp³-hybridized carbons (Fsp3) is 0.348. The number of amides is 1. The van der Waals surface area contributed by atoms with Crippen molar-refractivity contribution < 1.29 is 14.7 Å². The van der Waals surface area contributed by atoms with Crippen LogP contribution < -0.4 is 10.9 Å². The number of benzene rings is 1. The lowest BCUT2D eigenvalue weighted by atomic mass is 9.83. The van der Waals surface area contributed by atoms with Crippen molar-refractivity contribution in [3.8, 4) is 0 Å². The van der Waals surface area contributed by atoms with Crippen LogP contribution in [0, 0.1) is 12.8 Å². The van der Waals surface area contributed by atoms with Crippen LogP contribution in [0.3, 0.4) is 0 Å². The van der Waals surface area contributed by atoms with Gasteiger partial charge in [-0.3, -0.25) is 14.5 Å². The minimum absolute atomic E-state index is 0.0160. The monoisotopic (exact) mass is 420 g/mol. The van der Waals surface area contributed by atoms with Gasteiger partial charge in [-0.2, -0.15) is 0 Å². The van der Waals surface area contributed by atoms with Crippen LogP contribution in [0.25, 0.3) is 10.9 Å². The highest BCUT2D eigenvalue weighted by molar-refractivity contribution is 6.11. The number of hydrogen-bond acceptors (Lipinski definition) is 4. The second-order valence-electron chi connectivity index (χ2n) is 8.67. The molecule has 2 bridgehead atoms. The summed E-state index contributed by atoms with van der Waals surface area (Å²) < 4.78 is 1.86. The van der Waals surface area contributed by atoms with Gasteiger partial charge >= 0.3 is 5.97 Å². The molecule has 3 N–H and O–H groups in total. The summed E-state index contributed by atoms with van der Waals surface area (Å²) in [4.78, 5) is 41.8. The molecule has 2 aliphatic rings. The van der Waals surface area contributed by atoms with Gasteiger partial charge < -0.3 is 20.0 Å². The summed E-state index contributed by atoms with van der Waals surface area (Å²) >= 11 is 0. The van der Waals surface area contributed by atoms with Gasteiger partial charge in [-0.15, -0.1) is 0 Å². The minimum Gasteiger partial charge on any atom is -0.477 e. The largest absolute Gasteiger partial charge is 0.477 e. The Balaban J connectivity index is 1.35. The summed E-state index contributed by atoms with van der Waals surface area (Å²) in [6.07, 6.45) is 1.02. The normalized spacial score (nSPS) is 20.4. The van der Waals surface area contributed by atoms with Crippen molar-refractivity contribution >= 4 is 28.5 Å². The number of aromatic carboxylic acids is 1. The summed E-state index contributed by atoms with van der Waals surface area (Å²) in [6, 6.07) is 11.0. The van der Waals surface area contributed by atoms with Gasteiger partial charge in [0.2, 0.25) is 5.91 Å². The predicted octanol–water partition coefficient (Wildman–Crippen LogP) is 2.39. The van der Waals surface area contributed by atoms with Gasteiger partial charge in [-0.05, 0) is 37.5 Å². The van der Waals surface area contributed by atoms with Crippen molar-refractivity contribution in [3.63, 3.8) is 0 Å². The van der Waals surface area contributed by atoms with Gasteiger partial charge in [0.05, 0.1) is 12.2 Å². The molecule has 31 heavy (non-hydrogen) atoms. The average Bonchev–Trinajstić information content (AvgIpc) is 3.06. The number of carboxylic acid groups (broad SMARTS) is 1. The molecule has 1 aromatic carbocycles. The number of anilines is 1. The topological polar surface area (TPSA) is 107 Å². The number of carbonyl (C=O) groups excluding carboxylic acids is 1. The van der Waals surface area contributed by atoms with E-state index in [1.807, 2.05) is 35.8 Å². The number of nitrogens with one attached hydrogen (secondary N) is 2. The number of piperidine rings is 1. The Labute approximate surface area is 178 Å². The summed E-state index contributed by atoms with van der Waals surface area (Å²) in [6.45, 7) is 4.22. The molecule has 2 aromatic heterocycles. The number of aryl methyl sites for hydroxylation is 1. The van der Waals surface area contributed by atoms with E-state index in [2.05, 4.69) is 15.2 Å². The van der Waals surface area contributed by atoms with Crippen molar-refractivity contribution in [2.24, 2.45) is 5.92 Å². The molecule has 1 fully saturated rings. The summed E-state index contributed by atoms with van der Waals surface area (Å²) in [5, 5.41) is 13.1. The molecule has 160 valence electrons. The van der Waals surface area contributed by atoms with Gasteiger partial charge in [0.1, 0.15) is 5.69 Å². The Kier molecular flexibility index (Phi) is 4.66. The molecule has 2 atom stereocenters. The summed E-state index contributed by atoms with van der Waals surface area (Å²) in [5.74, 6) is -0.807. The second kappa shape index (κ2) is 7.39. The zero-order valence-electron chi connectivity index (χ0n) is 17.2. The molecule has 0 unspecified atom stereocenters. The molecular weight excluding hydrogens is 396 g/mol. The maximum absolute atomic E-state index is 12.9. The standard InChI is InChI=1S/C23H24N4O4/c1-13-5-6-17-16(7-13)21(22(24-17)23(30)31)25-19(28)12-26-9-14-8-15(11-26)18-3-2-4-20(29)27(18)10-14/h2-7,14-15,24H,8-12H2,1H3,(H,25,28)(H,30,31)/t14-,15-/m1/s1. The zero-order chi connectivity index (χ0) is 21.7. The number of fused-ring (bicyclic) bond motifs is 5. The molecule has 0 radical (unpaired) electrons. The van der Waals surface area contributed by atoms with Crippen LogP contribution in [0.1, 0.15) is 34.1 Å². The van der Waals surface area contributed by atoms with E-state index in [-0.39, 0.29) is 29.6 Å². The lowest BCUT2D eigenvalue weighted by Gasteiger charge is -2.42. The number of likely N-dealkylation sites (tertiary alicyclic amines) is 1. The van der Waals surface area contributed by atoms with Crippen molar-refractivity contribution in [3.05, 3.63) is 63.7 Å². The van der Waals surface area contributed by atoms with E-state index in [0.717, 1.165) is 24.2 Å². The number of aromatic amines is 1. The van der Waals surface area contributed by atoms with E-state index >= 15 is 0 Å². The van der Waals surface area contributed by atoms with Crippen molar-refractivity contribution in [1.29, 1.82) is 0 Å². The number of rotatable bonds is 4. The second-order valence-corrected chi connectivity index (χ2v) is 8.67. The highest BCUT2D eigenvalue weighted by Gasteiger charge is 2.35. The Bertz CT molecular complexity index is 1260. The van der Waals surface area contributed by atoms with E-state index in [9.17, 15) is 19.5 Å². The Morgan fingerprint density at radius 3 is 2.84 bits per heavy atom. The lowest BCUT2D eigenvalue weighted by Crippen LogP contribution is -2.49. The summed E-state index contributed by atoms with van der Waals surface area (Å²) in [5.41, 5.74) is 3.02. The smallest absolute Gasteiger partial charge is 0.354 e. The van der Waals surface area contributed by atoms with Gasteiger partial charge in [0.15, 0.2) is 0 Å². The minimum atomic E-state index is -1.11. The molecule has 0 spiro atoms. The maximum Gasteiger partial charge on any atom is 0.354 e. The number of H-pyrrole nitrogens is 1. The highest BCUT2D eigenvalue weighted by atomic mass is 16.4. The molecule has 1 saturated heterocycles. The quantitative estimate of drug-likeness (QED) is 0.601. The van der Waals surface area contributed by atoms with Crippen LogP contribution in [-0.2, 0) is 11.3 Å². The third-order valence-electron chi connectivity index (χ3n) is 6.35. The van der Waals surface area contributed by atoms with Crippen LogP contribution in [0.15, 0.2) is 41.2 Å². The lowest BCUT2D eigenvalue weighted by molar-refractivity contribution is -0.117. The fourth-order valence-electron chi connectivity index (χ4n) is 5.10. The molecule has 8 heteroatoms. The fourth-order valence-corrected chi connectivity index (χ4v) is 5.10. The predicted molar refractivity (Wildman–Crippen MR) is 117 cm³/mol. The first-order chi connectivity index (χ1) is 14.9. The number of carboxylic acids is 1. The molecule has 3 aromatic rings. The molecule has 5 rings (SSSR count). The first-order valence-corrected chi connectivity index (χ1v) is 10.5. The van der Waals surface area contributed by atoms with E-state index in [1.165, 1.54) is 0 Å². The van der Waals surface area contributed by atoms with Crippen LogP contribution in [0.4, 0.5) is 5.69 Å². The van der Waals surface area contributed by atoms with Gasteiger partial charge in [-0.1, -0.05) is 17.7 Å². The Morgan fingerprint density at radius 2 is 2.03 bits per heavy atom. The van der Waals surface area contributed by atoms with Gasteiger partial charge in [0, 0.05) is 48.2 Å². The van der Waals surface area contributed by atoms with Gasteiger partial charge in [0.25, 0.3) is 5.56 Å². The SMILES string of the molecule is Cc1ccc2[nH]c(C(=O)O)c(NC(=O)CN3C[C@H]4C[C@H](C3)c3cccc(=O)n3C4)c2c1. The first-order valence-electron chi connectivity index (χ1n) is 10.5. The molecule has 8 nitrogen and oxygen atoms in total. The Hall–Kier alpha value is -3.39. The van der Waals surface area contributed by atoms with E-state index in [0.29, 0.717) is 35.6 Å². The van der Waals surface area contributed by atoms with Crippen molar-refractivity contribution in [2.75, 3.05) is 25.0 Å². The maximum atomic E-state index is 12.9. The number of hydrogen-bond donors (Lipinski definition) is 3. The molecule has 0 saturated carbocycles. The molecule has 4 heterocycles. The molecular formula is C23H24N4O4. The van der Waals surface area contributed by atoms with Crippen LogP contribution in [0.5, 0.6) is 0 Å². The van der Waals surface area contributed by atoms with E-state index < -0.39 is 5.97 Å². The molecule has 2 aliphatic heterocycles. The third-order valence-corrected chi connectivity index (χ3v) is 6.35. The zero-order valence-corrected chi connectivity index (χ0v) is 17.2. The highest BCUT2D eigenvalue weighted by Crippen LogP contribution is 2.35. The number of aromatic nitrogens is 2. The van der Waals surface area contributed by atoms with Crippen LogP contribution >= 0.6 is 0 Å². The third kappa shape index (κ3) is 3.53. The van der Waals surface area contributed by atoms with Gasteiger partial charge in [-0.25, -0.2) is 4.79 Å². The number of nitrogens with zero attached hydrogens (tertiary/aromatic N) is 2. The molecule has 1 amide bonds. The first kappa shape index (κ1) is 19.6. The van der Waals surface area contributed by atoms with Crippen molar-refractivity contribution in [2.45, 2.75) is 25.8 Å². The average molecular weight is 420 g/mol. The summed E-state index contributed by atoms with van der Waals surface area (Å²) in [7, 11) is 0. The van der Waals surface area contributed by atoms with Crippen molar-refractivity contribution in [1.82, 2.24) is 14.5 Å². The number of carbonyl (C=O) groups is 2. The van der Waals surface area contributed by atoms with E-state index in [1.54, 1.807) is 12.1 Å². The molecule has 0 aliphatic carbocycles. The Morgan fingerprint density at radius 1 is 1.19 bits per heavy atom. The van der Waals surface area contributed by atoms with Crippen LogP contribution in [-0.4, -0.2) is 51.1 Å². The van der Waals surface area contributed by atoms with E-state index in [4.69, 9.17) is 0 Å². The van der Waals surface area contributed by atoms with Crippen LogP contribution in [0.2, 0.25) is 0 Å².